The minimum absolute atomic E-state index is 0.103. The van der Waals surface area contributed by atoms with Crippen LogP contribution >= 0.6 is 0 Å². The number of ether oxygens (including phenoxy) is 2. The van der Waals surface area contributed by atoms with Gasteiger partial charge >= 0.3 is 18.0 Å². The molecule has 0 aliphatic rings. The Kier molecular flexibility index (Phi) is 6.04. The van der Waals surface area contributed by atoms with Crippen molar-refractivity contribution < 1.29 is 29.0 Å². The van der Waals surface area contributed by atoms with E-state index in [1.54, 1.807) is 20.8 Å². The van der Waals surface area contributed by atoms with Crippen molar-refractivity contribution in [1.29, 1.82) is 0 Å². The molecule has 0 aromatic heterocycles. The highest BCUT2D eigenvalue weighted by Crippen LogP contribution is 2.08. The summed E-state index contributed by atoms with van der Waals surface area (Å²) in [5.74, 6) is -2.05. The van der Waals surface area contributed by atoms with Crippen LogP contribution in [0.5, 0.6) is 0 Å². The summed E-state index contributed by atoms with van der Waals surface area (Å²) in [5.41, 5.74) is -0.754. The van der Waals surface area contributed by atoms with E-state index in [1.807, 2.05) is 0 Å². The summed E-state index contributed by atoms with van der Waals surface area (Å²) in [6.45, 7) is 9.73. The molecule has 0 radical (unpaired) electrons. The summed E-state index contributed by atoms with van der Waals surface area (Å²) < 4.78 is 9.61. The fourth-order valence-corrected chi connectivity index (χ4v) is 1.06. The van der Waals surface area contributed by atoms with Gasteiger partial charge in [-0.15, -0.1) is 0 Å². The molecule has 19 heavy (non-hydrogen) atoms. The van der Waals surface area contributed by atoms with Gasteiger partial charge in [0.2, 0.25) is 0 Å². The molecule has 0 bridgehead atoms. The molecule has 0 spiro atoms. The van der Waals surface area contributed by atoms with Crippen LogP contribution in [0.25, 0.3) is 0 Å². The Balaban J connectivity index is 4.68. The van der Waals surface area contributed by atoms with E-state index in [0.29, 0.717) is 0 Å². The number of alkyl carbamates (subject to hydrolysis) is 1. The van der Waals surface area contributed by atoms with E-state index in [2.05, 4.69) is 16.6 Å². The monoisotopic (exact) mass is 273 g/mol. The zero-order chi connectivity index (χ0) is 15.2. The van der Waals surface area contributed by atoms with Crippen molar-refractivity contribution in [3.05, 3.63) is 12.3 Å². The summed E-state index contributed by atoms with van der Waals surface area (Å²) in [6, 6.07) is -1.33. The Morgan fingerprint density at radius 1 is 1.32 bits per heavy atom. The number of aliphatic carboxylic acids is 1. The quantitative estimate of drug-likeness (QED) is 0.580. The first kappa shape index (κ1) is 16.9. The Morgan fingerprint density at radius 2 is 1.84 bits per heavy atom. The summed E-state index contributed by atoms with van der Waals surface area (Å²) >= 11 is 0. The number of amides is 1. The van der Waals surface area contributed by atoms with Gasteiger partial charge in [-0.2, -0.15) is 0 Å². The molecule has 1 amide bonds. The molecule has 0 aliphatic carbocycles. The van der Waals surface area contributed by atoms with Gasteiger partial charge in [-0.05, 0) is 27.7 Å². The molecule has 0 saturated heterocycles. The zero-order valence-corrected chi connectivity index (χ0v) is 11.5. The molecule has 0 unspecified atom stereocenters. The maximum absolute atomic E-state index is 11.6. The molecule has 2 N–H and O–H groups in total. The molecule has 7 heteroatoms. The van der Waals surface area contributed by atoms with Crippen molar-refractivity contribution in [1.82, 2.24) is 5.32 Å². The Hall–Kier alpha value is -2.05. The molecule has 0 aromatic rings. The molecule has 108 valence electrons. The molecule has 7 nitrogen and oxygen atoms in total. The predicted octanol–water partition coefficient (Wildman–Crippen LogP) is 1.43. The van der Waals surface area contributed by atoms with Crippen molar-refractivity contribution in [2.45, 2.75) is 45.8 Å². The van der Waals surface area contributed by atoms with Gasteiger partial charge in [-0.1, -0.05) is 6.58 Å². The van der Waals surface area contributed by atoms with Crippen LogP contribution in [0.15, 0.2) is 12.3 Å². The third kappa shape index (κ3) is 8.64. The maximum Gasteiger partial charge on any atom is 0.408 e. The third-order valence-corrected chi connectivity index (χ3v) is 1.63. The van der Waals surface area contributed by atoms with Gasteiger partial charge in [0.25, 0.3) is 0 Å². The number of allylic oxidation sites excluding steroid dienone is 1. The zero-order valence-electron chi connectivity index (χ0n) is 11.5. The first-order chi connectivity index (χ1) is 8.51. The van der Waals surface area contributed by atoms with E-state index in [0.717, 1.165) is 0 Å². The van der Waals surface area contributed by atoms with Crippen LogP contribution in [-0.4, -0.2) is 34.8 Å². The first-order valence-corrected chi connectivity index (χ1v) is 5.60. The van der Waals surface area contributed by atoms with Crippen LogP contribution in [0, 0.1) is 0 Å². The van der Waals surface area contributed by atoms with Gasteiger partial charge in [-0.3, -0.25) is 4.79 Å². The van der Waals surface area contributed by atoms with Gasteiger partial charge in [0.1, 0.15) is 11.6 Å². The number of esters is 1. The van der Waals surface area contributed by atoms with Gasteiger partial charge in [0, 0.05) is 0 Å². The third-order valence-electron chi connectivity index (χ3n) is 1.63. The number of carbonyl (C=O) groups excluding carboxylic acids is 2. The molecule has 0 rings (SSSR count). The Labute approximate surface area is 111 Å². The first-order valence-electron chi connectivity index (χ1n) is 5.60. The molecule has 0 heterocycles. The molecule has 0 saturated carbocycles. The van der Waals surface area contributed by atoms with Crippen LogP contribution in [0.1, 0.15) is 34.1 Å². The highest BCUT2D eigenvalue weighted by molar-refractivity contribution is 5.86. The number of rotatable bonds is 5. The number of carbonyl (C=O) groups is 3. The lowest BCUT2D eigenvalue weighted by Crippen LogP contribution is -2.45. The second kappa shape index (κ2) is 6.77. The number of carboxylic acids is 1. The molecular weight excluding hydrogens is 254 g/mol. The van der Waals surface area contributed by atoms with Crippen LogP contribution in [0.4, 0.5) is 4.79 Å². The largest absolute Gasteiger partial charge is 0.481 e. The maximum atomic E-state index is 11.6. The topological polar surface area (TPSA) is 102 Å². The fourth-order valence-electron chi connectivity index (χ4n) is 1.06. The van der Waals surface area contributed by atoms with Gasteiger partial charge in [0.05, 0.1) is 12.2 Å². The number of hydrogen-bond donors (Lipinski definition) is 2. The number of carboxylic acid groups (broad SMARTS) is 1. The van der Waals surface area contributed by atoms with Crippen molar-refractivity contribution in [3.63, 3.8) is 0 Å². The summed E-state index contributed by atoms with van der Waals surface area (Å²) in [6.07, 6.45) is -1.50. The summed E-state index contributed by atoms with van der Waals surface area (Å²) in [4.78, 5) is 33.7. The lowest BCUT2D eigenvalue weighted by atomic mass is 10.2. The smallest absolute Gasteiger partial charge is 0.408 e. The van der Waals surface area contributed by atoms with Gasteiger partial charge in [0.15, 0.2) is 0 Å². The lowest BCUT2D eigenvalue weighted by molar-refractivity contribution is -0.147. The van der Waals surface area contributed by atoms with Crippen molar-refractivity contribution >= 4 is 18.0 Å². The lowest BCUT2D eigenvalue weighted by Gasteiger charge is -2.22. The minimum atomic E-state index is -1.33. The van der Waals surface area contributed by atoms with Gasteiger partial charge in [-0.25, -0.2) is 9.59 Å². The highest BCUT2D eigenvalue weighted by Gasteiger charge is 2.27. The number of hydrogen-bond acceptors (Lipinski definition) is 5. The van der Waals surface area contributed by atoms with E-state index in [4.69, 9.17) is 9.84 Å². The average Bonchev–Trinajstić information content (AvgIpc) is 2.11. The van der Waals surface area contributed by atoms with E-state index in [1.165, 1.54) is 6.92 Å². The predicted molar refractivity (Wildman–Crippen MR) is 66.3 cm³/mol. The van der Waals surface area contributed by atoms with E-state index in [9.17, 15) is 14.4 Å². The fraction of sp³-hybridized carbons (Fsp3) is 0.583. The van der Waals surface area contributed by atoms with Crippen LogP contribution in [-0.2, 0) is 19.1 Å². The molecule has 0 aliphatic heterocycles. The van der Waals surface area contributed by atoms with E-state index in [-0.39, 0.29) is 5.76 Å². The summed E-state index contributed by atoms with van der Waals surface area (Å²) in [7, 11) is 0. The van der Waals surface area contributed by atoms with Crippen LogP contribution in [0.3, 0.4) is 0 Å². The SMILES string of the molecule is C=C(C)OC(=O)[C@@H](CC(=O)O)NC(=O)OC(C)(C)C. The van der Waals surface area contributed by atoms with Crippen molar-refractivity contribution in [2.75, 3.05) is 0 Å². The van der Waals surface area contributed by atoms with Crippen LogP contribution < -0.4 is 5.32 Å². The molecular formula is C12H19NO6. The summed E-state index contributed by atoms with van der Waals surface area (Å²) in [5, 5.41) is 10.8. The van der Waals surface area contributed by atoms with Gasteiger partial charge < -0.3 is 19.9 Å². The minimum Gasteiger partial charge on any atom is -0.481 e. The molecule has 1 atom stereocenters. The second-order valence-corrected chi connectivity index (χ2v) is 4.92. The standard InChI is InChI=1S/C12H19NO6/c1-7(2)18-10(16)8(6-9(14)15)13-11(17)19-12(3,4)5/h8H,1,6H2,2-5H3,(H,13,17)(H,14,15)/t8-/m1/s1. The van der Waals surface area contributed by atoms with E-state index < -0.39 is 36.1 Å². The van der Waals surface area contributed by atoms with E-state index >= 15 is 0 Å². The highest BCUT2D eigenvalue weighted by atomic mass is 16.6. The van der Waals surface area contributed by atoms with Crippen molar-refractivity contribution in [3.8, 4) is 0 Å². The Bertz CT molecular complexity index is 382. The molecule has 0 aromatic carbocycles. The Morgan fingerprint density at radius 3 is 2.21 bits per heavy atom. The van der Waals surface area contributed by atoms with Crippen molar-refractivity contribution in [2.24, 2.45) is 0 Å². The van der Waals surface area contributed by atoms with Crippen LogP contribution in [0.2, 0.25) is 0 Å². The average molecular weight is 273 g/mol. The normalized spacial score (nSPS) is 12.2. The second-order valence-electron chi connectivity index (χ2n) is 4.92. The number of nitrogens with one attached hydrogen (secondary N) is 1. The molecule has 0 fully saturated rings.